The molecule has 9 heteroatoms. The number of nitrogens with zero attached hydrogens (tertiary/aromatic N) is 2. The molecule has 1 amide bonds. The van der Waals surface area contributed by atoms with E-state index in [1.54, 1.807) is 17.5 Å². The monoisotopic (exact) mass is 562 g/mol. The van der Waals surface area contributed by atoms with Gasteiger partial charge in [-0.05, 0) is 37.2 Å². The van der Waals surface area contributed by atoms with E-state index in [0.29, 0.717) is 18.7 Å². The van der Waals surface area contributed by atoms with Crippen molar-refractivity contribution in [1.29, 1.82) is 0 Å². The first-order valence-electron chi connectivity index (χ1n) is 13.2. The highest BCUT2D eigenvalue weighted by Crippen LogP contribution is 2.38. The average Bonchev–Trinajstić information content (AvgIpc) is 3.61. The minimum Gasteiger partial charge on any atom is -0.493 e. The maximum atomic E-state index is 12.8. The molecule has 4 rings (SSSR count). The van der Waals surface area contributed by atoms with E-state index in [1.165, 1.54) is 6.33 Å². The van der Waals surface area contributed by atoms with Gasteiger partial charge in [0.05, 0.1) is 30.8 Å². The Morgan fingerprint density at radius 1 is 1.10 bits per heavy atom. The molecule has 2 atom stereocenters. The molecule has 7 nitrogen and oxygen atoms in total. The number of benzene rings is 2. The molecule has 206 valence electrons. The predicted octanol–water partition coefficient (Wildman–Crippen LogP) is 7.18. The number of nitrogens with one attached hydrogen (secondary N) is 2. The first-order valence-corrected chi connectivity index (χ1v) is 17.0. The molecule has 0 spiro atoms. The highest BCUT2D eigenvalue weighted by molar-refractivity contribution is 7.13. The van der Waals surface area contributed by atoms with Crippen molar-refractivity contribution in [3.63, 3.8) is 0 Å². The van der Waals surface area contributed by atoms with Gasteiger partial charge in [0.2, 0.25) is 0 Å². The molecule has 0 aliphatic heterocycles. The molecule has 39 heavy (non-hydrogen) atoms. The van der Waals surface area contributed by atoms with Crippen LogP contribution in [0, 0.1) is 0 Å². The van der Waals surface area contributed by atoms with E-state index in [9.17, 15) is 4.79 Å². The van der Waals surface area contributed by atoms with Crippen LogP contribution in [-0.2, 0) is 4.43 Å². The molecular formula is C30H38N4O3SSi. The second kappa shape index (κ2) is 12.3. The van der Waals surface area contributed by atoms with Crippen LogP contribution in [0.25, 0.3) is 21.8 Å². The summed E-state index contributed by atoms with van der Waals surface area (Å²) in [6.45, 7) is 13.5. The Labute approximate surface area is 236 Å². The predicted molar refractivity (Wildman–Crippen MR) is 161 cm³/mol. The second-order valence-corrected chi connectivity index (χ2v) is 16.8. The summed E-state index contributed by atoms with van der Waals surface area (Å²) in [6.07, 6.45) is 3.50. The summed E-state index contributed by atoms with van der Waals surface area (Å²) in [5, 5.41) is 6.24. The summed E-state index contributed by atoms with van der Waals surface area (Å²) in [5.41, 5.74) is 3.39. The molecule has 0 fully saturated rings. The third kappa shape index (κ3) is 7.44. The van der Waals surface area contributed by atoms with Crippen molar-refractivity contribution in [3.05, 3.63) is 78.2 Å². The number of aromatic nitrogens is 3. The third-order valence-corrected chi connectivity index (χ3v) is 12.7. The molecule has 4 aromatic rings. The van der Waals surface area contributed by atoms with E-state index in [4.69, 9.17) is 14.1 Å². The van der Waals surface area contributed by atoms with Crippen molar-refractivity contribution in [3.8, 4) is 27.6 Å². The normalized spacial score (nSPS) is 13.6. The number of ether oxygens (including phenoxy) is 1. The van der Waals surface area contributed by atoms with Crippen molar-refractivity contribution in [2.45, 2.75) is 64.4 Å². The van der Waals surface area contributed by atoms with Crippen LogP contribution < -0.4 is 10.1 Å². The largest absolute Gasteiger partial charge is 0.493 e. The second-order valence-electron chi connectivity index (χ2n) is 11.2. The first kappa shape index (κ1) is 28.7. The van der Waals surface area contributed by atoms with Crippen molar-refractivity contribution < 1.29 is 14.0 Å². The highest BCUT2D eigenvalue weighted by atomic mass is 32.1. The van der Waals surface area contributed by atoms with Gasteiger partial charge in [0.15, 0.2) is 8.32 Å². The van der Waals surface area contributed by atoms with E-state index in [0.717, 1.165) is 27.6 Å². The van der Waals surface area contributed by atoms with E-state index in [1.807, 2.05) is 49.4 Å². The average molecular weight is 563 g/mol. The Hall–Kier alpha value is -3.27. The summed E-state index contributed by atoms with van der Waals surface area (Å²) in [7, 11) is -2.04. The van der Waals surface area contributed by atoms with Crippen molar-refractivity contribution in [2.24, 2.45) is 0 Å². The van der Waals surface area contributed by atoms with E-state index < -0.39 is 8.32 Å². The fourth-order valence-corrected chi connectivity index (χ4v) is 6.23. The van der Waals surface area contributed by atoms with Gasteiger partial charge in [-0.3, -0.25) is 4.79 Å². The van der Waals surface area contributed by atoms with Crippen LogP contribution in [0.2, 0.25) is 18.1 Å². The maximum Gasteiger partial charge on any atom is 0.271 e. The van der Waals surface area contributed by atoms with E-state index >= 15 is 0 Å². The highest BCUT2D eigenvalue weighted by Gasteiger charge is 2.40. The lowest BCUT2D eigenvalue weighted by atomic mass is 10.1. The number of carbonyl (C=O) groups excluding carboxylic acids is 1. The molecule has 0 bridgehead atoms. The summed E-state index contributed by atoms with van der Waals surface area (Å²) in [5.74, 6) is 0.531. The Balaban J connectivity index is 1.43. The Morgan fingerprint density at radius 3 is 2.54 bits per heavy atom. The maximum absolute atomic E-state index is 12.8. The van der Waals surface area contributed by atoms with Crippen molar-refractivity contribution in [2.75, 3.05) is 6.61 Å². The first-order chi connectivity index (χ1) is 18.5. The van der Waals surface area contributed by atoms with Gasteiger partial charge >= 0.3 is 0 Å². The number of hydrogen-bond acceptors (Lipinski definition) is 6. The molecule has 0 radical (unpaired) electrons. The molecule has 0 unspecified atom stereocenters. The summed E-state index contributed by atoms with van der Waals surface area (Å²) in [6, 6.07) is 17.9. The Morgan fingerprint density at radius 2 is 1.85 bits per heavy atom. The SMILES string of the molecule is C[C@H](O[Si](C)(C)C(C)(C)C)[C@@H](CCOc1cccc(-c2csc(-c3ccccc3)n2)c1)NC(=O)c1c[nH]cn1. The Kier molecular flexibility index (Phi) is 9.04. The Bertz CT molecular complexity index is 1350. The van der Waals surface area contributed by atoms with Crippen LogP contribution in [-0.4, -0.2) is 47.9 Å². The number of imidazole rings is 1. The molecule has 2 aromatic carbocycles. The number of hydrogen-bond donors (Lipinski definition) is 2. The summed E-state index contributed by atoms with van der Waals surface area (Å²) < 4.78 is 12.8. The number of rotatable bonds is 11. The lowest BCUT2D eigenvalue weighted by Crippen LogP contribution is -2.51. The van der Waals surface area contributed by atoms with Crippen LogP contribution in [0.3, 0.4) is 0 Å². The lowest BCUT2D eigenvalue weighted by Gasteiger charge is -2.40. The van der Waals surface area contributed by atoms with Gasteiger partial charge in [0, 0.05) is 29.1 Å². The van der Waals surface area contributed by atoms with Crippen LogP contribution in [0.5, 0.6) is 5.75 Å². The smallest absolute Gasteiger partial charge is 0.271 e. The molecule has 0 saturated heterocycles. The van der Waals surface area contributed by atoms with Crippen molar-refractivity contribution in [1.82, 2.24) is 20.3 Å². The number of thiazole rings is 1. The number of aromatic amines is 1. The number of carbonyl (C=O) groups is 1. The minimum absolute atomic E-state index is 0.0605. The zero-order valence-electron chi connectivity index (χ0n) is 23.5. The zero-order valence-corrected chi connectivity index (χ0v) is 25.3. The standard InChI is InChI=1S/C30H38N4O3SSi/c1-21(37-39(5,6)30(2,3)4)25(33-28(35)26-18-31-20-32-26)15-16-36-24-14-10-13-23(17-24)27-19-38-29(34-27)22-11-8-7-9-12-22/h7-14,17-21,25H,15-16H2,1-6H3,(H,31,32)(H,33,35)/t21-,25+/m0/s1. The topological polar surface area (TPSA) is 89.1 Å². The van der Waals surface area contributed by atoms with Gasteiger partial charge in [-0.15, -0.1) is 11.3 Å². The fraction of sp³-hybridized carbons (Fsp3) is 0.367. The van der Waals surface area contributed by atoms with Gasteiger partial charge in [-0.25, -0.2) is 9.97 Å². The molecule has 0 aliphatic carbocycles. The summed E-state index contributed by atoms with van der Waals surface area (Å²) in [4.78, 5) is 24.6. The molecule has 0 aliphatic rings. The third-order valence-electron chi connectivity index (χ3n) is 7.25. The zero-order chi connectivity index (χ0) is 28.0. The molecule has 2 aromatic heterocycles. The van der Waals surface area contributed by atoms with Crippen LogP contribution in [0.15, 0.2) is 72.5 Å². The molecule has 2 heterocycles. The van der Waals surface area contributed by atoms with Crippen LogP contribution in [0.1, 0.15) is 44.6 Å². The van der Waals surface area contributed by atoms with Gasteiger partial charge in [-0.1, -0.05) is 63.2 Å². The van der Waals surface area contributed by atoms with Gasteiger partial charge in [-0.2, -0.15) is 0 Å². The molecule has 2 N–H and O–H groups in total. The van der Waals surface area contributed by atoms with E-state index in [2.05, 4.69) is 66.7 Å². The van der Waals surface area contributed by atoms with Crippen LogP contribution in [0.4, 0.5) is 0 Å². The van der Waals surface area contributed by atoms with Crippen molar-refractivity contribution >= 4 is 25.6 Å². The summed E-state index contributed by atoms with van der Waals surface area (Å²) >= 11 is 1.63. The lowest BCUT2D eigenvalue weighted by molar-refractivity contribution is 0.0842. The number of H-pyrrole nitrogens is 1. The fourth-order valence-electron chi connectivity index (χ4n) is 3.94. The van der Waals surface area contributed by atoms with E-state index in [-0.39, 0.29) is 23.1 Å². The van der Waals surface area contributed by atoms with Gasteiger partial charge in [0.1, 0.15) is 16.5 Å². The minimum atomic E-state index is -2.04. The quantitative estimate of drug-likeness (QED) is 0.189. The number of amides is 1. The van der Waals surface area contributed by atoms with Gasteiger partial charge < -0.3 is 19.5 Å². The van der Waals surface area contributed by atoms with Gasteiger partial charge in [0.25, 0.3) is 5.91 Å². The molecular weight excluding hydrogens is 525 g/mol. The van der Waals surface area contributed by atoms with Crippen LogP contribution >= 0.6 is 11.3 Å². The molecule has 0 saturated carbocycles.